The number of hydrogen-bond acceptors (Lipinski definition) is 6. The van der Waals surface area contributed by atoms with E-state index in [4.69, 9.17) is 4.52 Å². The number of hydrogen-bond donors (Lipinski definition) is 1. The molecule has 0 unspecified atom stereocenters. The van der Waals surface area contributed by atoms with Gasteiger partial charge in [0.2, 0.25) is 0 Å². The highest BCUT2D eigenvalue weighted by atomic mass is 32.2. The van der Waals surface area contributed by atoms with Gasteiger partial charge >= 0.3 is 11.8 Å². The molecule has 1 heterocycles. The minimum absolute atomic E-state index is 0.00950. The molecule has 1 N–H and O–H groups in total. The molecule has 29 heavy (non-hydrogen) atoms. The van der Waals surface area contributed by atoms with Crippen LogP contribution < -0.4 is 5.32 Å². The minimum Gasteiger partial charge on any atom is -0.347 e. The Balaban J connectivity index is 1.54. The first-order valence-corrected chi connectivity index (χ1v) is 10.6. The lowest BCUT2D eigenvalue weighted by molar-refractivity contribution is 0.0907. The fraction of sp³-hybridized carbons (Fsp3) is 0.250. The zero-order chi connectivity index (χ0) is 20.9. The quantitative estimate of drug-likeness (QED) is 0.566. The van der Waals surface area contributed by atoms with E-state index in [0.29, 0.717) is 6.54 Å². The lowest BCUT2D eigenvalue weighted by Crippen LogP contribution is -2.27. The van der Waals surface area contributed by atoms with Crippen molar-refractivity contribution in [3.63, 3.8) is 0 Å². The topological polar surface area (TPSA) is 102 Å². The highest BCUT2D eigenvalue weighted by Gasteiger charge is 2.19. The molecule has 0 radical (unpaired) electrons. The van der Waals surface area contributed by atoms with Crippen molar-refractivity contribution in [1.29, 1.82) is 0 Å². The Morgan fingerprint density at radius 3 is 2.52 bits per heavy atom. The van der Waals surface area contributed by atoms with Crippen molar-refractivity contribution in [3.8, 4) is 0 Å². The molecule has 1 atom stereocenters. The third-order valence-corrected chi connectivity index (χ3v) is 6.10. The zero-order valence-electron chi connectivity index (χ0n) is 15.7. The van der Waals surface area contributed by atoms with Crippen LogP contribution in [-0.2, 0) is 16.3 Å². The van der Waals surface area contributed by atoms with Gasteiger partial charge in [-0.1, -0.05) is 42.4 Å². The predicted octanol–water partition coefficient (Wildman–Crippen LogP) is 2.76. The molecule has 0 aliphatic carbocycles. The number of sulfone groups is 1. The average Bonchev–Trinajstić information content (AvgIpc) is 3.20. The number of halogens is 1. The molecule has 0 saturated carbocycles. The van der Waals surface area contributed by atoms with Gasteiger partial charge in [-0.05, 0) is 35.7 Å². The summed E-state index contributed by atoms with van der Waals surface area (Å²) in [4.78, 5) is 16.2. The summed E-state index contributed by atoms with van der Waals surface area (Å²) < 4.78 is 42.4. The number of aryl methyl sites for hydroxylation is 1. The van der Waals surface area contributed by atoms with Gasteiger partial charge in [0.05, 0.1) is 10.6 Å². The molecular weight excluding hydrogens is 397 g/mol. The lowest BCUT2D eigenvalue weighted by atomic mass is 10.0. The Kier molecular flexibility index (Phi) is 6.38. The first-order chi connectivity index (χ1) is 13.8. The summed E-state index contributed by atoms with van der Waals surface area (Å²) in [6, 6.07) is 14.3. The van der Waals surface area contributed by atoms with E-state index >= 15 is 0 Å². The van der Waals surface area contributed by atoms with Gasteiger partial charge in [0, 0.05) is 13.0 Å². The number of carbonyl (C=O) groups excluding carboxylic acids is 1. The van der Waals surface area contributed by atoms with Gasteiger partial charge in [-0.2, -0.15) is 4.98 Å². The molecular formula is C20H20FN3O4S. The van der Waals surface area contributed by atoms with Gasteiger partial charge in [-0.15, -0.1) is 0 Å². The number of nitrogens with zero attached hydrogens (tertiary/aromatic N) is 2. The van der Waals surface area contributed by atoms with E-state index in [9.17, 15) is 17.6 Å². The zero-order valence-corrected chi connectivity index (χ0v) is 16.5. The largest absolute Gasteiger partial charge is 0.347 e. The highest BCUT2D eigenvalue weighted by Crippen LogP contribution is 2.14. The fourth-order valence-corrected chi connectivity index (χ4v) is 3.89. The summed E-state index contributed by atoms with van der Waals surface area (Å²) in [6.45, 7) is 2.37. The number of nitrogens with one attached hydrogen (secondary N) is 1. The summed E-state index contributed by atoms with van der Waals surface area (Å²) in [6.07, 6.45) is -0.0308. The molecule has 0 aliphatic heterocycles. The van der Waals surface area contributed by atoms with Gasteiger partial charge in [0.1, 0.15) is 5.82 Å². The molecule has 1 amide bonds. The Hall–Kier alpha value is -3.07. The molecule has 3 aromatic rings. The van der Waals surface area contributed by atoms with E-state index in [-0.39, 0.29) is 34.7 Å². The summed E-state index contributed by atoms with van der Waals surface area (Å²) in [5.41, 5.74) is 1.09. The second-order valence-corrected chi connectivity index (χ2v) is 8.67. The predicted molar refractivity (Wildman–Crippen MR) is 104 cm³/mol. The molecule has 3 rings (SSSR count). The minimum atomic E-state index is -3.63. The van der Waals surface area contributed by atoms with Crippen molar-refractivity contribution in [1.82, 2.24) is 15.5 Å². The number of carbonyl (C=O) groups is 1. The molecule has 152 valence electrons. The molecule has 0 aliphatic rings. The Morgan fingerprint density at radius 2 is 1.83 bits per heavy atom. The number of aromatic nitrogens is 2. The van der Waals surface area contributed by atoms with Crippen molar-refractivity contribution in [2.24, 2.45) is 0 Å². The van der Waals surface area contributed by atoms with Gasteiger partial charge < -0.3 is 9.84 Å². The maximum atomic E-state index is 12.9. The van der Waals surface area contributed by atoms with Crippen LogP contribution in [0.3, 0.4) is 0 Å². The Labute approximate surface area is 167 Å². The van der Waals surface area contributed by atoms with E-state index in [2.05, 4.69) is 15.5 Å². The van der Waals surface area contributed by atoms with Crippen molar-refractivity contribution in [2.45, 2.75) is 24.2 Å². The summed E-state index contributed by atoms with van der Waals surface area (Å²) in [5, 5.41) is 6.39. The van der Waals surface area contributed by atoms with Crippen molar-refractivity contribution < 1.29 is 22.1 Å². The first kappa shape index (κ1) is 20.7. The Morgan fingerprint density at radius 1 is 1.14 bits per heavy atom. The van der Waals surface area contributed by atoms with Crippen LogP contribution in [0.2, 0.25) is 0 Å². The third-order valence-electron chi connectivity index (χ3n) is 4.37. The molecule has 0 spiro atoms. The monoisotopic (exact) mass is 417 g/mol. The second kappa shape index (κ2) is 8.95. The lowest BCUT2D eigenvalue weighted by Gasteiger charge is -2.11. The van der Waals surface area contributed by atoms with Crippen LogP contribution in [-0.4, -0.2) is 36.8 Å². The van der Waals surface area contributed by atoms with Crippen LogP contribution in [0.25, 0.3) is 0 Å². The summed E-state index contributed by atoms with van der Waals surface area (Å²) >= 11 is 0. The van der Waals surface area contributed by atoms with E-state index in [1.54, 1.807) is 0 Å². The van der Waals surface area contributed by atoms with E-state index < -0.39 is 21.6 Å². The van der Waals surface area contributed by atoms with E-state index in [1.807, 2.05) is 37.3 Å². The van der Waals surface area contributed by atoms with Crippen LogP contribution in [0.1, 0.15) is 34.9 Å². The number of amides is 1. The van der Waals surface area contributed by atoms with Crippen LogP contribution in [0.15, 0.2) is 64.0 Å². The maximum absolute atomic E-state index is 12.9. The molecule has 1 aromatic heterocycles. The van der Waals surface area contributed by atoms with Gasteiger partial charge in [0.15, 0.2) is 15.7 Å². The molecule has 2 aromatic carbocycles. The third kappa shape index (κ3) is 5.47. The fourth-order valence-electron chi connectivity index (χ4n) is 2.65. The molecule has 0 fully saturated rings. The second-order valence-electron chi connectivity index (χ2n) is 6.56. The molecule has 0 saturated heterocycles. The standard InChI is InChI=1S/C20H20FN3O4S/c1-14(15-5-3-2-4-6-15)13-22-19(25)20-23-18(24-28-20)11-12-29(26,27)17-9-7-16(21)8-10-17/h2-10,14H,11-13H2,1H3,(H,22,25)/t14-/m0/s1. The molecule has 0 bridgehead atoms. The summed E-state index contributed by atoms with van der Waals surface area (Å²) in [5.74, 6) is -1.34. The number of rotatable bonds is 8. The molecule has 9 heteroatoms. The van der Waals surface area contributed by atoms with Crippen molar-refractivity contribution >= 4 is 15.7 Å². The van der Waals surface area contributed by atoms with Crippen molar-refractivity contribution in [3.05, 3.63) is 77.7 Å². The SMILES string of the molecule is C[C@@H](CNC(=O)c1nc(CCS(=O)(=O)c2ccc(F)cc2)no1)c1ccccc1. The van der Waals surface area contributed by atoms with Crippen LogP contribution in [0.5, 0.6) is 0 Å². The van der Waals surface area contributed by atoms with Crippen LogP contribution in [0.4, 0.5) is 4.39 Å². The Bertz CT molecular complexity index is 1070. The van der Waals surface area contributed by atoms with E-state index in [1.165, 1.54) is 12.1 Å². The van der Waals surface area contributed by atoms with Gasteiger partial charge in [-0.25, -0.2) is 12.8 Å². The maximum Gasteiger partial charge on any atom is 0.315 e. The van der Waals surface area contributed by atoms with Gasteiger partial charge in [0.25, 0.3) is 0 Å². The van der Waals surface area contributed by atoms with Crippen LogP contribution in [0, 0.1) is 5.82 Å². The summed E-state index contributed by atoms with van der Waals surface area (Å²) in [7, 11) is -3.63. The normalized spacial score (nSPS) is 12.5. The van der Waals surface area contributed by atoms with Gasteiger partial charge in [-0.3, -0.25) is 4.79 Å². The smallest absolute Gasteiger partial charge is 0.315 e. The highest BCUT2D eigenvalue weighted by molar-refractivity contribution is 7.91. The van der Waals surface area contributed by atoms with Crippen LogP contribution >= 0.6 is 0 Å². The van der Waals surface area contributed by atoms with E-state index in [0.717, 1.165) is 17.7 Å². The number of benzene rings is 2. The van der Waals surface area contributed by atoms with Crippen molar-refractivity contribution in [2.75, 3.05) is 12.3 Å². The average molecular weight is 417 g/mol. The molecule has 7 nitrogen and oxygen atoms in total. The first-order valence-electron chi connectivity index (χ1n) is 8.99.